The number of benzene rings is 1. The molecular formula is C21H24N2O4. The summed E-state index contributed by atoms with van der Waals surface area (Å²) in [5.41, 5.74) is 5.53. The van der Waals surface area contributed by atoms with Gasteiger partial charge >= 0.3 is 0 Å². The highest BCUT2D eigenvalue weighted by atomic mass is 16.5. The van der Waals surface area contributed by atoms with Crippen LogP contribution < -0.4 is 10.5 Å². The van der Waals surface area contributed by atoms with Crippen molar-refractivity contribution in [2.45, 2.75) is 37.7 Å². The number of Topliss-reactive ketones (excluding diaryl/α,β-unsaturated/α-hetero) is 1. The third-order valence-electron chi connectivity index (χ3n) is 7.13. The van der Waals surface area contributed by atoms with E-state index < -0.39 is 5.60 Å². The van der Waals surface area contributed by atoms with E-state index in [0.717, 1.165) is 12.8 Å². The summed E-state index contributed by atoms with van der Waals surface area (Å²) in [6.45, 7) is 1.19. The molecule has 4 aliphatic rings. The molecule has 2 aliphatic heterocycles. The molecule has 0 radical (unpaired) electrons. The molecule has 27 heavy (non-hydrogen) atoms. The van der Waals surface area contributed by atoms with E-state index in [1.807, 2.05) is 29.2 Å². The van der Waals surface area contributed by atoms with Crippen molar-refractivity contribution in [3.05, 3.63) is 29.8 Å². The molecule has 5 rings (SSSR count). The second-order valence-electron chi connectivity index (χ2n) is 8.52. The van der Waals surface area contributed by atoms with Crippen molar-refractivity contribution in [2.75, 3.05) is 13.1 Å². The first-order valence-corrected chi connectivity index (χ1v) is 9.89. The van der Waals surface area contributed by atoms with E-state index in [2.05, 4.69) is 0 Å². The minimum atomic E-state index is -0.512. The number of nitrogens with two attached hydrogens (primary N) is 1. The van der Waals surface area contributed by atoms with Gasteiger partial charge in [0.2, 0.25) is 11.8 Å². The van der Waals surface area contributed by atoms with Crippen LogP contribution in [0.3, 0.4) is 0 Å². The molecule has 0 unspecified atom stereocenters. The summed E-state index contributed by atoms with van der Waals surface area (Å²) in [5, 5.41) is 0. The lowest BCUT2D eigenvalue weighted by molar-refractivity contribution is -0.137. The fourth-order valence-corrected chi connectivity index (χ4v) is 5.69. The molecule has 2 aliphatic carbocycles. The number of carbonyl (C=O) groups is 3. The first kappa shape index (κ1) is 16.8. The molecule has 2 heterocycles. The van der Waals surface area contributed by atoms with E-state index in [1.54, 1.807) is 0 Å². The largest absolute Gasteiger partial charge is 0.486 e. The van der Waals surface area contributed by atoms with Crippen LogP contribution in [-0.4, -0.2) is 41.2 Å². The van der Waals surface area contributed by atoms with Gasteiger partial charge in [-0.1, -0.05) is 12.1 Å². The van der Waals surface area contributed by atoms with Crippen molar-refractivity contribution < 1.29 is 19.1 Å². The molecule has 2 amide bonds. The average molecular weight is 368 g/mol. The molecule has 0 aromatic heterocycles. The minimum Gasteiger partial charge on any atom is -0.486 e. The number of hydrogen-bond donors (Lipinski definition) is 1. The van der Waals surface area contributed by atoms with Gasteiger partial charge in [0.1, 0.15) is 11.4 Å². The highest BCUT2D eigenvalue weighted by Crippen LogP contribution is 2.66. The molecule has 6 heteroatoms. The lowest BCUT2D eigenvalue weighted by atomic mass is 9.84. The van der Waals surface area contributed by atoms with Crippen LogP contribution in [0, 0.1) is 23.7 Å². The number of carbonyl (C=O) groups excluding carboxylic acids is 3. The number of amides is 2. The number of ketones is 1. The Morgan fingerprint density at radius 3 is 2.63 bits per heavy atom. The Hall–Kier alpha value is -2.37. The van der Waals surface area contributed by atoms with E-state index in [1.165, 1.54) is 0 Å². The van der Waals surface area contributed by atoms with Crippen LogP contribution in [0.5, 0.6) is 5.75 Å². The van der Waals surface area contributed by atoms with Gasteiger partial charge in [0.15, 0.2) is 5.78 Å². The summed E-state index contributed by atoms with van der Waals surface area (Å²) in [5.74, 6) is 0.990. The molecule has 0 bridgehead atoms. The quantitative estimate of drug-likeness (QED) is 0.861. The van der Waals surface area contributed by atoms with Gasteiger partial charge in [0, 0.05) is 30.8 Å². The monoisotopic (exact) mass is 368 g/mol. The van der Waals surface area contributed by atoms with Gasteiger partial charge in [-0.15, -0.1) is 0 Å². The van der Waals surface area contributed by atoms with Crippen LogP contribution in [0.2, 0.25) is 0 Å². The zero-order valence-electron chi connectivity index (χ0n) is 15.2. The Labute approximate surface area is 158 Å². The number of ether oxygens (including phenoxy) is 1. The maximum absolute atomic E-state index is 13.1. The number of para-hydroxylation sites is 1. The number of piperidine rings is 1. The Kier molecular flexibility index (Phi) is 3.61. The van der Waals surface area contributed by atoms with Gasteiger partial charge in [-0.05, 0) is 43.7 Å². The lowest BCUT2D eigenvalue weighted by Crippen LogP contribution is -2.46. The topological polar surface area (TPSA) is 89.7 Å². The van der Waals surface area contributed by atoms with E-state index >= 15 is 0 Å². The zero-order chi connectivity index (χ0) is 18.8. The molecule has 1 spiro atoms. The molecular weight excluding hydrogens is 344 g/mol. The molecule has 2 saturated carbocycles. The van der Waals surface area contributed by atoms with Crippen molar-refractivity contribution >= 4 is 17.6 Å². The van der Waals surface area contributed by atoms with E-state index in [0.29, 0.717) is 49.6 Å². The fraction of sp³-hybridized carbons (Fsp3) is 0.571. The Morgan fingerprint density at radius 1 is 1.15 bits per heavy atom. The average Bonchev–Trinajstić information content (AvgIpc) is 3.32. The van der Waals surface area contributed by atoms with Crippen LogP contribution >= 0.6 is 0 Å². The van der Waals surface area contributed by atoms with E-state index in [-0.39, 0.29) is 35.4 Å². The summed E-state index contributed by atoms with van der Waals surface area (Å²) in [7, 11) is 0. The Bertz CT molecular complexity index is 829. The molecule has 142 valence electrons. The normalized spacial score (nSPS) is 34.7. The van der Waals surface area contributed by atoms with Gasteiger partial charge < -0.3 is 15.4 Å². The third-order valence-corrected chi connectivity index (χ3v) is 7.13. The molecule has 1 aromatic rings. The van der Waals surface area contributed by atoms with Crippen LogP contribution in [0.4, 0.5) is 0 Å². The van der Waals surface area contributed by atoms with Crippen LogP contribution in [-0.2, 0) is 9.59 Å². The second-order valence-corrected chi connectivity index (χ2v) is 8.52. The maximum Gasteiger partial charge on any atom is 0.226 e. The Balaban J connectivity index is 1.31. The summed E-state index contributed by atoms with van der Waals surface area (Å²) >= 11 is 0. The van der Waals surface area contributed by atoms with Gasteiger partial charge in [-0.3, -0.25) is 14.4 Å². The van der Waals surface area contributed by atoms with Gasteiger partial charge in [0.25, 0.3) is 0 Å². The summed E-state index contributed by atoms with van der Waals surface area (Å²) < 4.78 is 6.37. The fourth-order valence-electron chi connectivity index (χ4n) is 5.69. The van der Waals surface area contributed by atoms with Crippen molar-refractivity contribution in [1.29, 1.82) is 0 Å². The summed E-state index contributed by atoms with van der Waals surface area (Å²) in [4.78, 5) is 39.0. The predicted octanol–water partition coefficient (Wildman–Crippen LogP) is 1.77. The van der Waals surface area contributed by atoms with Crippen molar-refractivity contribution in [3.63, 3.8) is 0 Å². The minimum absolute atomic E-state index is 0.0399. The van der Waals surface area contributed by atoms with Crippen molar-refractivity contribution in [3.8, 4) is 5.75 Å². The Morgan fingerprint density at radius 2 is 1.89 bits per heavy atom. The standard InChI is InChI=1S/C21H24N2O4/c22-19(25)12-6-9-23(10-7-12)20(26)17-14-5-8-21(18(14)17)11-15(24)13-3-1-2-4-16(13)27-21/h1-4,12,14,17-18H,5-11H2,(H2,22,25)/t14-,17+,18+,21-/m0/s1. The number of hydrogen-bond acceptors (Lipinski definition) is 4. The number of rotatable bonds is 2. The van der Waals surface area contributed by atoms with Crippen molar-refractivity contribution in [1.82, 2.24) is 4.90 Å². The second kappa shape index (κ2) is 5.81. The molecule has 6 nitrogen and oxygen atoms in total. The van der Waals surface area contributed by atoms with Gasteiger partial charge in [0.05, 0.1) is 12.0 Å². The SMILES string of the molecule is NC(=O)C1CCN(C(=O)[C@@H]2[C@@H]3CC[C@]4(CC(=O)c5ccccc5O4)[C@H]32)CC1. The smallest absolute Gasteiger partial charge is 0.226 e. The maximum atomic E-state index is 13.1. The van der Waals surface area contributed by atoms with Crippen LogP contribution in [0.25, 0.3) is 0 Å². The summed E-state index contributed by atoms with van der Waals surface area (Å²) in [6.07, 6.45) is 3.45. The number of nitrogens with zero attached hydrogens (tertiary/aromatic N) is 1. The first-order valence-electron chi connectivity index (χ1n) is 9.89. The van der Waals surface area contributed by atoms with Crippen LogP contribution in [0.1, 0.15) is 42.5 Å². The third kappa shape index (κ3) is 2.49. The lowest BCUT2D eigenvalue weighted by Gasteiger charge is -2.38. The number of primary amides is 1. The first-order chi connectivity index (χ1) is 13.0. The zero-order valence-corrected chi connectivity index (χ0v) is 15.2. The van der Waals surface area contributed by atoms with E-state index in [9.17, 15) is 14.4 Å². The number of likely N-dealkylation sites (tertiary alicyclic amines) is 1. The highest BCUT2D eigenvalue weighted by molar-refractivity contribution is 6.00. The summed E-state index contributed by atoms with van der Waals surface area (Å²) in [6, 6.07) is 7.41. The van der Waals surface area contributed by atoms with Crippen LogP contribution in [0.15, 0.2) is 24.3 Å². The molecule has 1 saturated heterocycles. The van der Waals surface area contributed by atoms with Gasteiger partial charge in [-0.25, -0.2) is 0 Å². The molecule has 4 atom stereocenters. The highest BCUT2D eigenvalue weighted by Gasteiger charge is 2.71. The molecule has 2 N–H and O–H groups in total. The van der Waals surface area contributed by atoms with Gasteiger partial charge in [-0.2, -0.15) is 0 Å². The predicted molar refractivity (Wildman–Crippen MR) is 97.0 cm³/mol. The van der Waals surface area contributed by atoms with E-state index in [4.69, 9.17) is 10.5 Å². The van der Waals surface area contributed by atoms with Crippen molar-refractivity contribution in [2.24, 2.45) is 29.4 Å². The molecule has 1 aromatic carbocycles. The molecule has 3 fully saturated rings. The number of fused-ring (bicyclic) bond motifs is 3.